The summed E-state index contributed by atoms with van der Waals surface area (Å²) in [6.45, 7) is 9.03. The third-order valence-electron chi connectivity index (χ3n) is 7.76. The maximum absolute atomic E-state index is 15.1. The second-order valence-corrected chi connectivity index (χ2v) is 13.9. The number of hydrogen-bond acceptors (Lipinski definition) is 4. The van der Waals surface area contributed by atoms with Gasteiger partial charge >= 0.3 is 0 Å². The Bertz CT molecular complexity index is 1760. The van der Waals surface area contributed by atoms with Gasteiger partial charge in [0.2, 0.25) is 11.8 Å². The SMILES string of the molecule is Cc1ccc(S(=O)(=O)N(CC(=O)N(Cc2ccccc2F)C(Cc2ccccc2)C(=O)NCC(C)C)c2ccc(C)cc2C)cc1. The molecule has 242 valence electrons. The third kappa shape index (κ3) is 8.60. The molecule has 0 aliphatic carbocycles. The van der Waals surface area contributed by atoms with Crippen molar-refractivity contribution >= 4 is 27.5 Å². The van der Waals surface area contributed by atoms with Crippen molar-refractivity contribution in [3.05, 3.63) is 131 Å². The number of halogens is 1. The predicted molar refractivity (Wildman–Crippen MR) is 180 cm³/mol. The summed E-state index contributed by atoms with van der Waals surface area (Å²) < 4.78 is 44.6. The topological polar surface area (TPSA) is 86.8 Å². The van der Waals surface area contributed by atoms with Crippen LogP contribution in [0.15, 0.2) is 102 Å². The largest absolute Gasteiger partial charge is 0.354 e. The minimum Gasteiger partial charge on any atom is -0.354 e. The summed E-state index contributed by atoms with van der Waals surface area (Å²) in [5.74, 6) is -1.42. The van der Waals surface area contributed by atoms with Gasteiger partial charge in [0, 0.05) is 25.1 Å². The van der Waals surface area contributed by atoms with E-state index in [-0.39, 0.29) is 29.3 Å². The first-order chi connectivity index (χ1) is 21.9. The first-order valence-electron chi connectivity index (χ1n) is 15.4. The highest BCUT2D eigenvalue weighted by atomic mass is 32.2. The molecule has 4 aromatic carbocycles. The zero-order chi connectivity index (χ0) is 33.4. The molecule has 0 saturated heterocycles. The zero-order valence-electron chi connectivity index (χ0n) is 27.0. The number of amides is 2. The molecule has 9 heteroatoms. The van der Waals surface area contributed by atoms with Crippen LogP contribution in [-0.4, -0.2) is 44.3 Å². The van der Waals surface area contributed by atoms with Crippen LogP contribution in [0.25, 0.3) is 0 Å². The lowest BCUT2D eigenvalue weighted by atomic mass is 10.0. The third-order valence-corrected chi connectivity index (χ3v) is 9.54. The quantitative estimate of drug-likeness (QED) is 0.184. The molecule has 46 heavy (non-hydrogen) atoms. The Kier molecular flexibility index (Phi) is 11.4. The lowest BCUT2D eigenvalue weighted by Gasteiger charge is -2.34. The van der Waals surface area contributed by atoms with Gasteiger partial charge in [-0.05, 0) is 62.1 Å². The minimum atomic E-state index is -4.23. The summed E-state index contributed by atoms with van der Waals surface area (Å²) in [6.07, 6.45) is 0.152. The van der Waals surface area contributed by atoms with Crippen molar-refractivity contribution in [2.24, 2.45) is 5.92 Å². The number of rotatable bonds is 13. The van der Waals surface area contributed by atoms with E-state index in [9.17, 15) is 18.0 Å². The Morgan fingerprint density at radius 2 is 1.46 bits per heavy atom. The second kappa shape index (κ2) is 15.2. The normalized spacial score (nSPS) is 12.1. The van der Waals surface area contributed by atoms with Crippen molar-refractivity contribution in [2.45, 2.75) is 58.5 Å². The highest BCUT2D eigenvalue weighted by molar-refractivity contribution is 7.92. The second-order valence-electron chi connectivity index (χ2n) is 12.1. The summed E-state index contributed by atoms with van der Waals surface area (Å²) in [5, 5.41) is 2.94. The van der Waals surface area contributed by atoms with E-state index in [0.29, 0.717) is 17.8 Å². The molecule has 7 nitrogen and oxygen atoms in total. The van der Waals surface area contributed by atoms with E-state index in [1.807, 2.05) is 64.1 Å². The Morgan fingerprint density at radius 1 is 0.826 bits per heavy atom. The van der Waals surface area contributed by atoms with Gasteiger partial charge in [0.1, 0.15) is 18.4 Å². The van der Waals surface area contributed by atoms with Crippen LogP contribution in [0.5, 0.6) is 0 Å². The molecule has 0 saturated carbocycles. The van der Waals surface area contributed by atoms with Crippen LogP contribution in [-0.2, 0) is 32.6 Å². The maximum Gasteiger partial charge on any atom is 0.264 e. The van der Waals surface area contributed by atoms with E-state index in [1.165, 1.54) is 23.1 Å². The molecule has 0 radical (unpaired) electrons. The Hall–Kier alpha value is -4.50. The molecule has 4 rings (SSSR count). The van der Waals surface area contributed by atoms with Crippen LogP contribution in [0.2, 0.25) is 0 Å². The average Bonchev–Trinajstić information content (AvgIpc) is 3.02. The number of nitrogens with one attached hydrogen (secondary N) is 1. The van der Waals surface area contributed by atoms with Crippen molar-refractivity contribution in [3.8, 4) is 0 Å². The monoisotopic (exact) mass is 643 g/mol. The first kappa shape index (κ1) is 34.4. The van der Waals surface area contributed by atoms with Crippen LogP contribution in [0.1, 0.15) is 41.7 Å². The molecule has 0 aliphatic heterocycles. The van der Waals surface area contributed by atoms with Gasteiger partial charge in [-0.15, -0.1) is 0 Å². The van der Waals surface area contributed by atoms with Gasteiger partial charge in [0.25, 0.3) is 10.0 Å². The minimum absolute atomic E-state index is 0.0297. The summed E-state index contributed by atoms with van der Waals surface area (Å²) in [7, 11) is -4.23. The fourth-order valence-corrected chi connectivity index (χ4v) is 6.70. The lowest BCUT2D eigenvalue weighted by molar-refractivity contribution is -0.140. The highest BCUT2D eigenvalue weighted by Crippen LogP contribution is 2.29. The Balaban J connectivity index is 1.83. The van der Waals surface area contributed by atoms with Gasteiger partial charge < -0.3 is 10.2 Å². The molecule has 2 amide bonds. The number of nitrogens with zero attached hydrogens (tertiary/aromatic N) is 2. The highest BCUT2D eigenvalue weighted by Gasteiger charge is 2.35. The van der Waals surface area contributed by atoms with Gasteiger partial charge in [-0.2, -0.15) is 0 Å². The number of aryl methyl sites for hydroxylation is 3. The first-order valence-corrected chi connectivity index (χ1v) is 16.8. The number of benzene rings is 4. The molecular weight excluding hydrogens is 601 g/mol. The van der Waals surface area contributed by atoms with Gasteiger partial charge in [-0.1, -0.05) is 97.8 Å². The number of hydrogen-bond donors (Lipinski definition) is 1. The fourth-order valence-electron chi connectivity index (χ4n) is 5.22. The van der Waals surface area contributed by atoms with Crippen molar-refractivity contribution in [1.82, 2.24) is 10.2 Å². The van der Waals surface area contributed by atoms with Crippen LogP contribution < -0.4 is 9.62 Å². The zero-order valence-corrected chi connectivity index (χ0v) is 27.9. The average molecular weight is 644 g/mol. The van der Waals surface area contributed by atoms with Crippen molar-refractivity contribution < 1.29 is 22.4 Å². The van der Waals surface area contributed by atoms with Crippen molar-refractivity contribution in [1.29, 1.82) is 0 Å². The standard InChI is InChI=1S/C37H42FN3O4S/c1-26(2)23-39-37(43)35(22-30-11-7-6-8-12-30)40(24-31-13-9-10-14-33(31)38)36(42)25-41(34-20-17-28(4)21-29(34)5)46(44,45)32-18-15-27(3)16-19-32/h6-21,26,35H,22-25H2,1-5H3,(H,39,43). The molecule has 1 atom stereocenters. The Labute approximate surface area is 272 Å². The van der Waals surface area contributed by atoms with Gasteiger partial charge in [0.15, 0.2) is 0 Å². The van der Waals surface area contributed by atoms with Crippen LogP contribution in [0.4, 0.5) is 10.1 Å². The van der Waals surface area contributed by atoms with Crippen LogP contribution in [0, 0.1) is 32.5 Å². The molecule has 0 aliphatic rings. The molecule has 0 aromatic heterocycles. The van der Waals surface area contributed by atoms with Gasteiger partial charge in [0.05, 0.1) is 10.6 Å². The summed E-state index contributed by atoms with van der Waals surface area (Å²) in [6, 6.07) is 26.1. The van der Waals surface area contributed by atoms with E-state index in [2.05, 4.69) is 5.32 Å². The van der Waals surface area contributed by atoms with E-state index in [1.54, 1.807) is 49.4 Å². The number of anilines is 1. The Morgan fingerprint density at radius 3 is 2.09 bits per heavy atom. The molecule has 0 heterocycles. The van der Waals surface area contributed by atoms with Gasteiger partial charge in [-0.25, -0.2) is 12.8 Å². The number of carbonyl (C=O) groups is 2. The molecule has 0 fully saturated rings. The molecule has 1 unspecified atom stereocenters. The lowest BCUT2D eigenvalue weighted by Crippen LogP contribution is -2.54. The van der Waals surface area contributed by atoms with Crippen molar-refractivity contribution in [2.75, 3.05) is 17.4 Å². The molecule has 1 N–H and O–H groups in total. The fraction of sp³-hybridized carbons (Fsp3) is 0.297. The van der Waals surface area contributed by atoms with Crippen LogP contribution in [0.3, 0.4) is 0 Å². The number of carbonyl (C=O) groups excluding carboxylic acids is 2. The molecule has 4 aromatic rings. The summed E-state index contributed by atoms with van der Waals surface area (Å²) in [5.41, 5.74) is 3.85. The van der Waals surface area contributed by atoms with Crippen molar-refractivity contribution in [3.63, 3.8) is 0 Å². The smallest absolute Gasteiger partial charge is 0.264 e. The van der Waals surface area contributed by atoms with E-state index >= 15 is 4.39 Å². The summed E-state index contributed by atoms with van der Waals surface area (Å²) in [4.78, 5) is 29.7. The summed E-state index contributed by atoms with van der Waals surface area (Å²) >= 11 is 0. The van der Waals surface area contributed by atoms with Gasteiger partial charge in [-0.3, -0.25) is 13.9 Å². The van der Waals surface area contributed by atoms with E-state index in [4.69, 9.17) is 0 Å². The predicted octanol–water partition coefficient (Wildman–Crippen LogP) is 6.36. The molecule has 0 bridgehead atoms. The maximum atomic E-state index is 15.1. The number of sulfonamides is 1. The molecular formula is C37H42FN3O4S. The van der Waals surface area contributed by atoms with E-state index in [0.717, 1.165) is 21.0 Å². The van der Waals surface area contributed by atoms with Crippen LogP contribution >= 0.6 is 0 Å². The molecule has 0 spiro atoms. The van der Waals surface area contributed by atoms with E-state index < -0.39 is 40.2 Å².